The molecule has 15 heavy (non-hydrogen) atoms. The summed E-state index contributed by atoms with van der Waals surface area (Å²) in [5.41, 5.74) is 3.25. The van der Waals surface area contributed by atoms with E-state index in [-0.39, 0.29) is 17.4 Å². The van der Waals surface area contributed by atoms with Crippen LogP contribution in [0, 0.1) is 0 Å². The summed E-state index contributed by atoms with van der Waals surface area (Å²) < 4.78 is 30.0. The number of hydrogen-bond acceptors (Lipinski definition) is 6. The smallest absolute Gasteiger partial charge is 0.266 e. The van der Waals surface area contributed by atoms with Gasteiger partial charge in [-0.3, -0.25) is 9.45 Å². The van der Waals surface area contributed by atoms with E-state index in [2.05, 4.69) is 5.43 Å². The molecule has 1 aliphatic heterocycles. The zero-order valence-corrected chi connectivity index (χ0v) is 10.7. The Labute approximate surface area is 94.7 Å². The predicted molar refractivity (Wildman–Crippen MR) is 60.8 cm³/mol. The Morgan fingerprint density at radius 2 is 2.13 bits per heavy atom. The number of hydrogen-bond donors (Lipinski definition) is 2. The molecule has 1 heterocycles. The second-order valence-corrected chi connectivity index (χ2v) is 5.97. The van der Waals surface area contributed by atoms with Gasteiger partial charge in [-0.1, -0.05) is 0 Å². The molecule has 2 atom stereocenters. The minimum Gasteiger partial charge on any atom is -0.286 e. The van der Waals surface area contributed by atoms with Gasteiger partial charge in [0.2, 0.25) is 0 Å². The highest BCUT2D eigenvalue weighted by Crippen LogP contribution is 2.20. The molecule has 0 amide bonds. The molecule has 0 aromatic heterocycles. The van der Waals surface area contributed by atoms with Gasteiger partial charge in [0, 0.05) is 13.6 Å². The lowest BCUT2D eigenvalue weighted by Gasteiger charge is -2.24. The van der Waals surface area contributed by atoms with Gasteiger partial charge in [0.15, 0.2) is 0 Å². The maximum absolute atomic E-state index is 10.7. The summed E-state index contributed by atoms with van der Waals surface area (Å²) in [7, 11) is -1.98. The van der Waals surface area contributed by atoms with Crippen LogP contribution in [0.4, 0.5) is 0 Å². The molecule has 1 saturated heterocycles. The third-order valence-corrected chi connectivity index (χ3v) is 4.01. The lowest BCUT2D eigenvalue weighted by Crippen LogP contribution is -2.39. The molecule has 0 bridgehead atoms. The second kappa shape index (κ2) is 4.98. The molecule has 0 aromatic rings. The third kappa shape index (κ3) is 3.58. The molecule has 6 nitrogen and oxygen atoms in total. The van der Waals surface area contributed by atoms with E-state index in [1.165, 1.54) is 0 Å². The van der Waals surface area contributed by atoms with E-state index >= 15 is 0 Å². The Morgan fingerprint density at radius 3 is 2.60 bits per heavy atom. The van der Waals surface area contributed by atoms with Crippen molar-refractivity contribution in [3.8, 4) is 0 Å². The molecule has 1 rings (SSSR count). The van der Waals surface area contributed by atoms with Crippen LogP contribution in [0.15, 0.2) is 0 Å². The van der Waals surface area contributed by atoms with Crippen molar-refractivity contribution in [3.63, 3.8) is 0 Å². The van der Waals surface area contributed by atoms with Crippen LogP contribution >= 0.6 is 11.8 Å². The normalized spacial score (nSPS) is 29.9. The van der Waals surface area contributed by atoms with E-state index in [1.54, 1.807) is 11.8 Å². The van der Waals surface area contributed by atoms with Crippen LogP contribution in [0.25, 0.3) is 0 Å². The van der Waals surface area contributed by atoms with Gasteiger partial charge in [-0.2, -0.15) is 8.42 Å². The summed E-state index contributed by atoms with van der Waals surface area (Å²) in [6.45, 7) is 2.30. The van der Waals surface area contributed by atoms with Crippen molar-refractivity contribution in [2.75, 3.05) is 25.6 Å². The van der Waals surface area contributed by atoms with Gasteiger partial charge >= 0.3 is 0 Å². The first kappa shape index (κ1) is 13.2. The SMILES string of the molecule is CSC1NN(C)C(C)N1CCS(=O)(=O)O. The van der Waals surface area contributed by atoms with E-state index in [4.69, 9.17) is 4.55 Å². The molecule has 0 saturated carbocycles. The average molecular weight is 255 g/mol. The maximum Gasteiger partial charge on any atom is 0.266 e. The summed E-state index contributed by atoms with van der Waals surface area (Å²) in [5.74, 6) is -0.232. The topological polar surface area (TPSA) is 72.9 Å². The molecule has 0 aromatic carbocycles. The van der Waals surface area contributed by atoms with Gasteiger partial charge in [0.05, 0.1) is 11.9 Å². The minimum absolute atomic E-state index is 0.0618. The Morgan fingerprint density at radius 1 is 1.53 bits per heavy atom. The Hall–Kier alpha value is 0.140. The summed E-state index contributed by atoms with van der Waals surface area (Å²) in [4.78, 5) is 1.98. The summed E-state index contributed by atoms with van der Waals surface area (Å²) in [5, 5.41) is 1.92. The lowest BCUT2D eigenvalue weighted by atomic mass is 10.5. The summed E-state index contributed by atoms with van der Waals surface area (Å²) in [6, 6.07) is 0. The molecular formula is C7H17N3O3S2. The van der Waals surface area contributed by atoms with Crippen molar-refractivity contribution < 1.29 is 13.0 Å². The molecule has 1 fully saturated rings. The van der Waals surface area contributed by atoms with Crippen molar-refractivity contribution in [1.82, 2.24) is 15.3 Å². The fourth-order valence-corrected chi connectivity index (χ4v) is 2.75. The lowest BCUT2D eigenvalue weighted by molar-refractivity contribution is 0.166. The van der Waals surface area contributed by atoms with Crippen molar-refractivity contribution in [3.05, 3.63) is 0 Å². The van der Waals surface area contributed by atoms with E-state index in [0.29, 0.717) is 6.54 Å². The molecule has 0 radical (unpaired) electrons. The van der Waals surface area contributed by atoms with E-state index in [1.807, 2.05) is 30.1 Å². The van der Waals surface area contributed by atoms with Gasteiger partial charge in [-0.25, -0.2) is 10.4 Å². The first-order chi connectivity index (χ1) is 6.85. The highest BCUT2D eigenvalue weighted by molar-refractivity contribution is 7.99. The monoisotopic (exact) mass is 255 g/mol. The van der Waals surface area contributed by atoms with Gasteiger partial charge in [-0.05, 0) is 13.2 Å². The predicted octanol–water partition coefficient (Wildman–Crippen LogP) is -0.381. The molecule has 90 valence electrons. The molecule has 2 N–H and O–H groups in total. The van der Waals surface area contributed by atoms with E-state index < -0.39 is 10.1 Å². The van der Waals surface area contributed by atoms with E-state index in [0.717, 1.165) is 0 Å². The van der Waals surface area contributed by atoms with Crippen LogP contribution in [-0.2, 0) is 10.1 Å². The quantitative estimate of drug-likeness (QED) is 0.663. The summed E-state index contributed by atoms with van der Waals surface area (Å²) >= 11 is 1.60. The molecule has 2 unspecified atom stereocenters. The first-order valence-corrected chi connectivity index (χ1v) is 7.47. The van der Waals surface area contributed by atoms with Crippen LogP contribution in [0.2, 0.25) is 0 Å². The standard InChI is InChI=1S/C7H17N3O3S2/c1-6-9(2)8-7(14-3)10(6)4-5-15(11,12)13/h6-8H,4-5H2,1-3H3,(H,11,12,13). The Balaban J connectivity index is 2.58. The maximum atomic E-state index is 10.7. The van der Waals surface area contributed by atoms with Crippen LogP contribution in [-0.4, -0.2) is 60.1 Å². The minimum atomic E-state index is -3.88. The average Bonchev–Trinajstić information content (AvgIpc) is 2.39. The fraction of sp³-hybridized carbons (Fsp3) is 1.00. The Kier molecular flexibility index (Phi) is 4.38. The van der Waals surface area contributed by atoms with Crippen molar-refractivity contribution in [2.24, 2.45) is 0 Å². The molecule has 1 aliphatic rings. The number of thioether (sulfide) groups is 1. The zero-order chi connectivity index (χ0) is 11.6. The number of rotatable bonds is 4. The summed E-state index contributed by atoms with van der Waals surface area (Å²) in [6.07, 6.45) is 2.06. The Bertz CT molecular complexity index is 309. The molecular weight excluding hydrogens is 238 g/mol. The van der Waals surface area contributed by atoms with Crippen LogP contribution < -0.4 is 5.43 Å². The van der Waals surface area contributed by atoms with Crippen molar-refractivity contribution in [2.45, 2.75) is 18.6 Å². The van der Waals surface area contributed by atoms with Gasteiger partial charge < -0.3 is 0 Å². The highest BCUT2D eigenvalue weighted by Gasteiger charge is 2.33. The fourth-order valence-electron chi connectivity index (χ4n) is 1.49. The molecule has 0 spiro atoms. The van der Waals surface area contributed by atoms with Crippen molar-refractivity contribution >= 4 is 21.9 Å². The number of nitrogens with one attached hydrogen (secondary N) is 1. The van der Waals surface area contributed by atoms with Crippen molar-refractivity contribution in [1.29, 1.82) is 0 Å². The second-order valence-electron chi connectivity index (χ2n) is 3.48. The van der Waals surface area contributed by atoms with Crippen LogP contribution in [0.1, 0.15) is 6.92 Å². The molecule has 0 aliphatic carbocycles. The van der Waals surface area contributed by atoms with Gasteiger partial charge in [-0.15, -0.1) is 11.8 Å². The largest absolute Gasteiger partial charge is 0.286 e. The van der Waals surface area contributed by atoms with Crippen LogP contribution in [0.3, 0.4) is 0 Å². The molecule has 8 heteroatoms. The zero-order valence-electron chi connectivity index (χ0n) is 9.04. The van der Waals surface area contributed by atoms with E-state index in [9.17, 15) is 8.42 Å². The first-order valence-electron chi connectivity index (χ1n) is 4.58. The van der Waals surface area contributed by atoms with Crippen LogP contribution in [0.5, 0.6) is 0 Å². The highest BCUT2D eigenvalue weighted by atomic mass is 32.2. The number of nitrogens with zero attached hydrogens (tertiary/aromatic N) is 2. The third-order valence-electron chi connectivity index (χ3n) is 2.49. The van der Waals surface area contributed by atoms with Gasteiger partial charge in [0.1, 0.15) is 5.50 Å². The number of hydrazine groups is 1. The van der Waals surface area contributed by atoms with Gasteiger partial charge in [0.25, 0.3) is 10.1 Å².